The highest BCUT2D eigenvalue weighted by molar-refractivity contribution is 9.10. The number of nitrogens with zero attached hydrogens (tertiary/aromatic N) is 1. The minimum atomic E-state index is -0.497. The molecule has 0 unspecified atom stereocenters. The second-order valence-corrected chi connectivity index (χ2v) is 5.96. The molecular weight excluding hydrogens is 349 g/mol. The monoisotopic (exact) mass is 365 g/mol. The third-order valence-electron chi connectivity index (χ3n) is 3.34. The predicted molar refractivity (Wildman–Crippen MR) is 87.2 cm³/mol. The molecule has 0 spiro atoms. The molecular formula is C17H17BrFNO2. The van der Waals surface area contributed by atoms with E-state index in [0.29, 0.717) is 11.0 Å². The molecule has 0 radical (unpaired) electrons. The summed E-state index contributed by atoms with van der Waals surface area (Å²) in [5.41, 5.74) is 2.20. The summed E-state index contributed by atoms with van der Waals surface area (Å²) in [5, 5.41) is 0. The molecule has 2 rings (SSSR count). The van der Waals surface area contributed by atoms with Gasteiger partial charge < -0.3 is 9.64 Å². The quantitative estimate of drug-likeness (QED) is 0.803. The number of aryl methyl sites for hydroxylation is 1. The van der Waals surface area contributed by atoms with Crippen LogP contribution in [0.2, 0.25) is 0 Å². The number of rotatable bonds is 5. The van der Waals surface area contributed by atoms with E-state index >= 15 is 0 Å². The Kier molecular flexibility index (Phi) is 5.55. The van der Waals surface area contributed by atoms with E-state index in [1.807, 2.05) is 31.2 Å². The maximum Gasteiger partial charge on any atom is 0.260 e. The van der Waals surface area contributed by atoms with Crippen LogP contribution in [-0.2, 0) is 11.3 Å². The van der Waals surface area contributed by atoms with Crippen LogP contribution in [0.5, 0.6) is 5.75 Å². The van der Waals surface area contributed by atoms with Gasteiger partial charge in [0.25, 0.3) is 5.91 Å². The van der Waals surface area contributed by atoms with Gasteiger partial charge in [-0.2, -0.15) is 0 Å². The maximum atomic E-state index is 13.6. The lowest BCUT2D eigenvalue weighted by molar-refractivity contribution is -0.132. The van der Waals surface area contributed by atoms with E-state index in [1.165, 1.54) is 12.1 Å². The second kappa shape index (κ2) is 7.40. The third kappa shape index (κ3) is 4.31. The van der Waals surface area contributed by atoms with Crippen molar-refractivity contribution in [1.29, 1.82) is 0 Å². The lowest BCUT2D eigenvalue weighted by Crippen LogP contribution is -2.31. The normalized spacial score (nSPS) is 10.4. The summed E-state index contributed by atoms with van der Waals surface area (Å²) in [4.78, 5) is 13.6. The first kappa shape index (κ1) is 16.5. The van der Waals surface area contributed by atoms with Gasteiger partial charge in [0.1, 0.15) is 0 Å². The number of carbonyl (C=O) groups excluding carboxylic acids is 1. The Morgan fingerprint density at radius 3 is 2.68 bits per heavy atom. The van der Waals surface area contributed by atoms with Crippen LogP contribution in [0.25, 0.3) is 0 Å². The van der Waals surface area contributed by atoms with Gasteiger partial charge in [-0.1, -0.05) is 40.2 Å². The number of hydrogen-bond donors (Lipinski definition) is 0. The predicted octanol–water partition coefficient (Wildman–Crippen LogP) is 3.93. The SMILES string of the molecule is Cc1ccccc1CN(C)C(=O)COc1ccc(Br)cc1F. The van der Waals surface area contributed by atoms with Crippen LogP contribution in [0.1, 0.15) is 11.1 Å². The topological polar surface area (TPSA) is 29.5 Å². The maximum absolute atomic E-state index is 13.6. The van der Waals surface area contributed by atoms with E-state index < -0.39 is 5.82 Å². The van der Waals surface area contributed by atoms with Gasteiger partial charge in [-0.15, -0.1) is 0 Å². The van der Waals surface area contributed by atoms with Crippen LogP contribution in [-0.4, -0.2) is 24.5 Å². The summed E-state index contributed by atoms with van der Waals surface area (Å²) in [5.74, 6) is -0.629. The highest BCUT2D eigenvalue weighted by Gasteiger charge is 2.12. The van der Waals surface area contributed by atoms with Crippen molar-refractivity contribution in [2.45, 2.75) is 13.5 Å². The van der Waals surface area contributed by atoms with Gasteiger partial charge in [-0.25, -0.2) is 4.39 Å². The Morgan fingerprint density at radius 1 is 1.27 bits per heavy atom. The van der Waals surface area contributed by atoms with Crippen LogP contribution in [0.3, 0.4) is 0 Å². The molecule has 0 fully saturated rings. The van der Waals surface area contributed by atoms with Gasteiger partial charge in [-0.05, 0) is 36.2 Å². The summed E-state index contributed by atoms with van der Waals surface area (Å²) < 4.78 is 19.5. The summed E-state index contributed by atoms with van der Waals surface area (Å²) in [6.45, 7) is 2.31. The average Bonchev–Trinajstić information content (AvgIpc) is 2.48. The zero-order chi connectivity index (χ0) is 16.1. The van der Waals surface area contributed by atoms with Crippen molar-refractivity contribution in [2.75, 3.05) is 13.7 Å². The second-order valence-electron chi connectivity index (χ2n) is 5.04. The highest BCUT2D eigenvalue weighted by atomic mass is 79.9. The Morgan fingerprint density at radius 2 is 2.00 bits per heavy atom. The zero-order valence-corrected chi connectivity index (χ0v) is 14.1. The fourth-order valence-electron chi connectivity index (χ4n) is 1.97. The first-order valence-electron chi connectivity index (χ1n) is 6.83. The number of likely N-dealkylation sites (N-methyl/N-ethyl adjacent to an activating group) is 1. The molecule has 2 aromatic rings. The molecule has 5 heteroatoms. The molecule has 0 heterocycles. The standard InChI is InChI=1S/C17H17BrFNO2/c1-12-5-3-4-6-13(12)10-20(2)17(21)11-22-16-8-7-14(18)9-15(16)19/h3-9H,10-11H2,1-2H3. The summed E-state index contributed by atoms with van der Waals surface area (Å²) in [7, 11) is 1.70. The Bertz CT molecular complexity index is 675. The molecule has 0 saturated heterocycles. The molecule has 3 nitrogen and oxygen atoms in total. The first-order chi connectivity index (χ1) is 10.5. The van der Waals surface area contributed by atoms with Crippen LogP contribution in [0, 0.1) is 12.7 Å². The molecule has 0 aliphatic rings. The largest absolute Gasteiger partial charge is 0.481 e. The number of ether oxygens (including phenoxy) is 1. The van der Waals surface area contributed by atoms with E-state index in [9.17, 15) is 9.18 Å². The lowest BCUT2D eigenvalue weighted by atomic mass is 10.1. The van der Waals surface area contributed by atoms with Gasteiger partial charge in [-0.3, -0.25) is 4.79 Å². The molecule has 1 amide bonds. The van der Waals surface area contributed by atoms with Gasteiger partial charge in [0.2, 0.25) is 0 Å². The molecule has 0 saturated carbocycles. The van der Waals surface area contributed by atoms with Crippen LogP contribution in [0.15, 0.2) is 46.9 Å². The molecule has 0 aliphatic carbocycles. The minimum absolute atomic E-state index is 0.0702. The minimum Gasteiger partial charge on any atom is -0.481 e. The van der Waals surface area contributed by atoms with Crippen molar-refractivity contribution >= 4 is 21.8 Å². The molecule has 116 valence electrons. The van der Waals surface area contributed by atoms with Crippen molar-refractivity contribution in [1.82, 2.24) is 4.90 Å². The van der Waals surface area contributed by atoms with Crippen LogP contribution in [0.4, 0.5) is 4.39 Å². The smallest absolute Gasteiger partial charge is 0.260 e. The van der Waals surface area contributed by atoms with Crippen LogP contribution < -0.4 is 4.74 Å². The number of benzene rings is 2. The van der Waals surface area contributed by atoms with Crippen molar-refractivity contribution in [2.24, 2.45) is 0 Å². The third-order valence-corrected chi connectivity index (χ3v) is 3.83. The van der Waals surface area contributed by atoms with E-state index in [-0.39, 0.29) is 18.3 Å². The van der Waals surface area contributed by atoms with Gasteiger partial charge in [0.15, 0.2) is 18.2 Å². The molecule has 0 bridgehead atoms. The Hall–Kier alpha value is -1.88. The van der Waals surface area contributed by atoms with E-state index in [0.717, 1.165) is 11.1 Å². The van der Waals surface area contributed by atoms with Gasteiger partial charge in [0, 0.05) is 18.1 Å². The molecule has 2 aromatic carbocycles. The fraction of sp³-hybridized carbons (Fsp3) is 0.235. The average molecular weight is 366 g/mol. The molecule has 0 N–H and O–H groups in total. The fourth-order valence-corrected chi connectivity index (χ4v) is 2.31. The molecule has 0 aliphatic heterocycles. The number of hydrogen-bond acceptors (Lipinski definition) is 2. The van der Waals surface area contributed by atoms with Gasteiger partial charge >= 0.3 is 0 Å². The summed E-state index contributed by atoms with van der Waals surface area (Å²) >= 11 is 3.17. The number of amides is 1. The van der Waals surface area contributed by atoms with Crippen LogP contribution >= 0.6 is 15.9 Å². The van der Waals surface area contributed by atoms with Crippen molar-refractivity contribution in [3.05, 3.63) is 63.9 Å². The molecule has 0 atom stereocenters. The summed E-state index contributed by atoms with van der Waals surface area (Å²) in [6.07, 6.45) is 0. The van der Waals surface area contributed by atoms with Crippen molar-refractivity contribution in [3.63, 3.8) is 0 Å². The van der Waals surface area contributed by atoms with E-state index in [2.05, 4.69) is 15.9 Å². The number of halogens is 2. The first-order valence-corrected chi connectivity index (χ1v) is 7.63. The molecule has 22 heavy (non-hydrogen) atoms. The van der Waals surface area contributed by atoms with E-state index in [4.69, 9.17) is 4.74 Å². The molecule has 0 aromatic heterocycles. The Balaban J connectivity index is 1.93. The van der Waals surface area contributed by atoms with Crippen molar-refractivity contribution < 1.29 is 13.9 Å². The summed E-state index contributed by atoms with van der Waals surface area (Å²) in [6, 6.07) is 12.3. The Labute approximate surface area is 137 Å². The zero-order valence-electron chi connectivity index (χ0n) is 12.5. The van der Waals surface area contributed by atoms with Crippen molar-refractivity contribution in [3.8, 4) is 5.75 Å². The van der Waals surface area contributed by atoms with E-state index in [1.54, 1.807) is 18.0 Å². The van der Waals surface area contributed by atoms with Gasteiger partial charge in [0.05, 0.1) is 0 Å². The highest BCUT2D eigenvalue weighted by Crippen LogP contribution is 2.21. The lowest BCUT2D eigenvalue weighted by Gasteiger charge is -2.19. The number of carbonyl (C=O) groups is 1.